The van der Waals surface area contributed by atoms with Crippen LogP contribution in [0.3, 0.4) is 0 Å². The molecule has 0 spiro atoms. The van der Waals surface area contributed by atoms with E-state index in [0.29, 0.717) is 27.6 Å². The van der Waals surface area contributed by atoms with Crippen molar-refractivity contribution in [3.63, 3.8) is 0 Å². The third-order valence-electron chi connectivity index (χ3n) is 5.69. The molecule has 0 saturated carbocycles. The Bertz CT molecular complexity index is 1590. The summed E-state index contributed by atoms with van der Waals surface area (Å²) in [6.45, 7) is -0.0707. The maximum absolute atomic E-state index is 13.6. The Morgan fingerprint density at radius 2 is 1.77 bits per heavy atom. The van der Waals surface area contributed by atoms with Gasteiger partial charge in [-0.2, -0.15) is 4.98 Å². The van der Waals surface area contributed by atoms with Gasteiger partial charge in [0.1, 0.15) is 22.7 Å². The summed E-state index contributed by atoms with van der Waals surface area (Å²) in [6.07, 6.45) is 1.34. The van der Waals surface area contributed by atoms with Crippen molar-refractivity contribution in [3.05, 3.63) is 83.1 Å². The molecule has 0 aliphatic heterocycles. The molecule has 0 saturated heterocycles. The molecule has 4 rings (SSSR count). The number of hydrogen-bond donors (Lipinski definition) is 2. The third kappa shape index (κ3) is 6.66. The zero-order chi connectivity index (χ0) is 28.0. The Hall–Kier alpha value is -4.13. The number of anilines is 1. The van der Waals surface area contributed by atoms with Crippen LogP contribution in [0, 0.1) is 0 Å². The fraction of sp³-hybridized carbons (Fsp3) is 0.192. The average Bonchev–Trinajstić information content (AvgIpc) is 3.42. The van der Waals surface area contributed by atoms with E-state index in [1.54, 1.807) is 48.5 Å². The second-order valence-corrected chi connectivity index (χ2v) is 10.3. The van der Waals surface area contributed by atoms with Crippen molar-refractivity contribution in [1.29, 1.82) is 0 Å². The lowest BCUT2D eigenvalue weighted by molar-refractivity contribution is -0.115. The fourth-order valence-corrected chi connectivity index (χ4v) is 5.14. The largest absolute Gasteiger partial charge is 0.497 e. The maximum Gasteiger partial charge on any atom is 0.335 e. The molecule has 13 heteroatoms. The van der Waals surface area contributed by atoms with Crippen LogP contribution in [0.25, 0.3) is 5.69 Å². The molecule has 1 amide bonds. The van der Waals surface area contributed by atoms with Gasteiger partial charge in [0.2, 0.25) is 15.9 Å². The van der Waals surface area contributed by atoms with Crippen LogP contribution >= 0.6 is 11.6 Å². The van der Waals surface area contributed by atoms with Crippen LogP contribution in [0.2, 0.25) is 5.02 Å². The summed E-state index contributed by atoms with van der Waals surface area (Å²) in [7, 11) is 0.273. The van der Waals surface area contributed by atoms with Crippen molar-refractivity contribution in [1.82, 2.24) is 19.5 Å². The van der Waals surface area contributed by atoms with Gasteiger partial charge in [-0.05, 0) is 35.9 Å². The molecule has 0 aliphatic carbocycles. The summed E-state index contributed by atoms with van der Waals surface area (Å²) in [4.78, 5) is 16.6. The number of hydrogen-bond acceptors (Lipinski definition) is 8. The number of nitrogens with one attached hydrogen (secondary N) is 2. The van der Waals surface area contributed by atoms with Gasteiger partial charge in [0.25, 0.3) is 0 Å². The first-order valence-electron chi connectivity index (χ1n) is 11.6. The van der Waals surface area contributed by atoms with Crippen LogP contribution in [-0.2, 0) is 27.8 Å². The van der Waals surface area contributed by atoms with Gasteiger partial charge in [-0.3, -0.25) is 4.79 Å². The maximum atomic E-state index is 13.6. The Balaban J connectivity index is 1.64. The van der Waals surface area contributed by atoms with Gasteiger partial charge in [0, 0.05) is 28.9 Å². The van der Waals surface area contributed by atoms with Crippen LogP contribution < -0.4 is 24.2 Å². The summed E-state index contributed by atoms with van der Waals surface area (Å²) < 4.78 is 46.6. The van der Waals surface area contributed by atoms with E-state index in [-0.39, 0.29) is 41.2 Å². The molecule has 2 N–H and O–H groups in total. The van der Waals surface area contributed by atoms with Gasteiger partial charge in [0.15, 0.2) is 0 Å². The van der Waals surface area contributed by atoms with E-state index >= 15 is 0 Å². The fourth-order valence-electron chi connectivity index (χ4n) is 3.72. The van der Waals surface area contributed by atoms with Crippen molar-refractivity contribution in [2.24, 2.45) is 0 Å². The molecule has 0 aliphatic rings. The number of sulfonamides is 1. The highest BCUT2D eigenvalue weighted by molar-refractivity contribution is 7.89. The average molecular weight is 572 g/mol. The first kappa shape index (κ1) is 27.9. The summed E-state index contributed by atoms with van der Waals surface area (Å²) >= 11 is 6.17. The van der Waals surface area contributed by atoms with E-state index in [9.17, 15) is 13.2 Å². The molecule has 39 heavy (non-hydrogen) atoms. The van der Waals surface area contributed by atoms with Gasteiger partial charge in [0.05, 0.1) is 33.4 Å². The van der Waals surface area contributed by atoms with Gasteiger partial charge < -0.3 is 19.5 Å². The topological polar surface area (TPSA) is 134 Å². The molecule has 204 valence electrons. The Morgan fingerprint density at radius 1 is 0.974 bits per heavy atom. The van der Waals surface area contributed by atoms with E-state index in [1.165, 1.54) is 44.5 Å². The quantitative estimate of drug-likeness (QED) is 0.279. The van der Waals surface area contributed by atoms with Crippen molar-refractivity contribution < 1.29 is 27.4 Å². The second kappa shape index (κ2) is 12.2. The number of benzene rings is 3. The summed E-state index contributed by atoms with van der Waals surface area (Å²) in [5, 5.41) is 7.35. The monoisotopic (exact) mass is 571 g/mol. The lowest BCUT2D eigenvalue weighted by Gasteiger charge is -2.15. The van der Waals surface area contributed by atoms with E-state index < -0.39 is 10.0 Å². The van der Waals surface area contributed by atoms with Crippen molar-refractivity contribution in [2.45, 2.75) is 17.9 Å². The number of aromatic nitrogens is 3. The smallest absolute Gasteiger partial charge is 0.335 e. The molecular formula is C26H26ClN5O6S. The minimum absolute atomic E-state index is 0.0132. The lowest BCUT2D eigenvalue weighted by atomic mass is 10.1. The van der Waals surface area contributed by atoms with Gasteiger partial charge in [-0.15, -0.1) is 5.10 Å². The second-order valence-electron chi connectivity index (χ2n) is 8.18. The minimum atomic E-state index is -4.14. The summed E-state index contributed by atoms with van der Waals surface area (Å²) in [5.41, 5.74) is 1.70. The number of nitrogens with zero attached hydrogens (tertiary/aromatic N) is 3. The number of carbonyl (C=O) groups is 1. The number of ether oxygens (including phenoxy) is 3. The molecule has 4 aromatic rings. The first-order valence-corrected chi connectivity index (χ1v) is 13.4. The van der Waals surface area contributed by atoms with E-state index in [2.05, 4.69) is 20.1 Å². The molecule has 0 unspecified atom stereocenters. The molecular weight excluding hydrogens is 546 g/mol. The van der Waals surface area contributed by atoms with Gasteiger partial charge in [-0.25, -0.2) is 17.8 Å². The normalized spacial score (nSPS) is 11.2. The number of methoxy groups -OCH3 is 3. The van der Waals surface area contributed by atoms with Crippen molar-refractivity contribution >= 4 is 33.2 Å². The highest BCUT2D eigenvalue weighted by atomic mass is 35.5. The van der Waals surface area contributed by atoms with E-state index in [4.69, 9.17) is 25.8 Å². The molecule has 11 nitrogen and oxygen atoms in total. The molecule has 0 radical (unpaired) electrons. The standard InChI is InChI=1S/C26H26ClN5O6S/c1-36-20-10-8-18(23(14-20)37-2)15-29-39(34,35)24-13-19(9-11-22(24)32-16-28-26(31-32)38-3)30-25(33)12-17-6-4-5-7-21(17)27/h4-11,13-14,16,29H,12,15H2,1-3H3,(H,30,33). The Kier molecular flexibility index (Phi) is 8.69. The molecule has 0 atom stereocenters. The van der Waals surface area contributed by atoms with Gasteiger partial charge in [-0.1, -0.05) is 35.9 Å². The Morgan fingerprint density at radius 3 is 2.46 bits per heavy atom. The Labute approximate surface area is 230 Å². The van der Waals surface area contributed by atoms with Crippen molar-refractivity contribution in [3.8, 4) is 23.2 Å². The highest BCUT2D eigenvalue weighted by Gasteiger charge is 2.23. The molecule has 1 heterocycles. The zero-order valence-electron chi connectivity index (χ0n) is 21.3. The SMILES string of the molecule is COc1ccc(CNS(=O)(=O)c2cc(NC(=O)Cc3ccccc3Cl)ccc2-n2cnc(OC)n2)c(OC)c1. The predicted molar refractivity (Wildman–Crippen MR) is 145 cm³/mol. The molecule has 3 aromatic carbocycles. The zero-order valence-corrected chi connectivity index (χ0v) is 22.9. The molecule has 0 bridgehead atoms. The van der Waals surface area contributed by atoms with E-state index in [0.717, 1.165) is 0 Å². The highest BCUT2D eigenvalue weighted by Crippen LogP contribution is 2.27. The van der Waals surface area contributed by atoms with E-state index in [1.807, 2.05) is 0 Å². The number of rotatable bonds is 11. The van der Waals surface area contributed by atoms with Gasteiger partial charge >= 0.3 is 6.01 Å². The number of amides is 1. The van der Waals surface area contributed by atoms with Crippen LogP contribution in [0.4, 0.5) is 5.69 Å². The summed E-state index contributed by atoms with van der Waals surface area (Å²) in [5.74, 6) is 0.664. The summed E-state index contributed by atoms with van der Waals surface area (Å²) in [6, 6.07) is 16.6. The number of carbonyl (C=O) groups excluding carboxylic acids is 1. The van der Waals surface area contributed by atoms with Crippen LogP contribution in [0.1, 0.15) is 11.1 Å². The van der Waals surface area contributed by atoms with Crippen molar-refractivity contribution in [2.75, 3.05) is 26.6 Å². The van der Waals surface area contributed by atoms with Crippen LogP contribution in [-0.4, -0.2) is 50.4 Å². The first-order chi connectivity index (χ1) is 18.7. The molecule has 1 aromatic heterocycles. The lowest BCUT2D eigenvalue weighted by Crippen LogP contribution is -2.25. The minimum Gasteiger partial charge on any atom is -0.497 e. The van der Waals surface area contributed by atoms with Crippen LogP contribution in [0.5, 0.6) is 17.5 Å². The third-order valence-corrected chi connectivity index (χ3v) is 7.49. The van der Waals surface area contributed by atoms with Crippen LogP contribution in [0.15, 0.2) is 71.9 Å². The predicted octanol–water partition coefficient (Wildman–Crippen LogP) is 3.61. The molecule has 0 fully saturated rings. The number of halogens is 1.